The normalized spacial score (nSPS) is 16.4. The van der Waals surface area contributed by atoms with E-state index in [0.717, 1.165) is 67.1 Å². The van der Waals surface area contributed by atoms with Gasteiger partial charge in [-0.2, -0.15) is 0 Å². The number of rotatable bonds is 4. The molecular weight excluding hydrogens is 731 g/mol. The van der Waals surface area contributed by atoms with Crippen LogP contribution in [0.15, 0.2) is 186 Å². The number of nitrogens with zero attached hydrogens (tertiary/aromatic N) is 1. The molecule has 6 heteroatoms. The molecule has 2 aliphatic heterocycles. The van der Waals surface area contributed by atoms with Gasteiger partial charge < -0.3 is 19.0 Å². The van der Waals surface area contributed by atoms with Crippen LogP contribution in [0.4, 0.5) is 0 Å². The molecule has 2 aliphatic rings. The lowest BCUT2D eigenvalue weighted by molar-refractivity contribution is 0.349. The van der Waals surface area contributed by atoms with Crippen LogP contribution in [0.5, 0.6) is 5.75 Å². The molecule has 0 fully saturated rings. The summed E-state index contributed by atoms with van der Waals surface area (Å²) in [4.78, 5) is 0. The number of hydrogen-bond acceptors (Lipinski definition) is 5. The van der Waals surface area contributed by atoms with Crippen molar-refractivity contribution in [3.63, 3.8) is 0 Å². The van der Waals surface area contributed by atoms with E-state index in [1.807, 2.05) is 23.5 Å². The smallest absolute Gasteiger partial charge is 0.149 e. The van der Waals surface area contributed by atoms with Crippen molar-refractivity contribution in [2.45, 2.75) is 12.2 Å². The maximum atomic E-state index is 6.61. The standard InChI is InChI=1S/C52H33N3O2S/c1-2-12-30(13-3-1)49-51-50(36-16-6-9-21-42(36)57-51)54-52(53-49)37-18-10-22-44-47(37)38-28-31(24-26-43(38)56-44)33-17-11-23-46-48(33)39-29-32(25-27-45(39)58-46)55-40-19-7-4-14-34(40)35-15-5-8-20-41(35)55/h1-29,50,52-54H. The average molecular weight is 764 g/mol. The third-order valence-corrected chi connectivity index (χ3v) is 13.2. The van der Waals surface area contributed by atoms with Crippen molar-refractivity contribution in [1.82, 2.24) is 15.2 Å². The van der Waals surface area contributed by atoms with E-state index in [9.17, 15) is 0 Å². The molecule has 0 amide bonds. The van der Waals surface area contributed by atoms with Crippen LogP contribution in [0.25, 0.3) is 86.4 Å². The van der Waals surface area contributed by atoms with Gasteiger partial charge in [0.2, 0.25) is 0 Å². The highest BCUT2D eigenvalue weighted by Crippen LogP contribution is 2.47. The summed E-state index contributed by atoms with van der Waals surface area (Å²) in [5, 5.41) is 15.1. The SMILES string of the molecule is c1ccc(C2=C3Oc4ccccc4C3NC(c3cccc4oc5ccc(-c6cccc7sc8ccc(-n9c%10ccccc%10c%10ccccc%109)cc8c67)cc5c34)N2)cc1. The fourth-order valence-electron chi connectivity index (χ4n) is 9.57. The van der Waals surface area contributed by atoms with Crippen LogP contribution in [0.3, 0.4) is 0 Å². The van der Waals surface area contributed by atoms with Crippen LogP contribution < -0.4 is 15.4 Å². The molecule has 58 heavy (non-hydrogen) atoms. The Morgan fingerprint density at radius 1 is 0.517 bits per heavy atom. The van der Waals surface area contributed by atoms with Crippen molar-refractivity contribution in [2.24, 2.45) is 0 Å². The second kappa shape index (κ2) is 12.2. The summed E-state index contributed by atoms with van der Waals surface area (Å²) in [5.74, 6) is 1.78. The van der Waals surface area contributed by atoms with Gasteiger partial charge in [0.1, 0.15) is 28.8 Å². The number of aromatic nitrogens is 1. The van der Waals surface area contributed by atoms with Gasteiger partial charge in [0.25, 0.3) is 0 Å². The number of nitrogens with one attached hydrogen (secondary N) is 2. The minimum atomic E-state index is -0.213. The lowest BCUT2D eigenvalue weighted by Gasteiger charge is -2.33. The fraction of sp³-hybridized carbons (Fsp3) is 0.0385. The number of ether oxygens (including phenoxy) is 1. The van der Waals surface area contributed by atoms with Gasteiger partial charge in [-0.1, -0.05) is 115 Å². The summed E-state index contributed by atoms with van der Waals surface area (Å²) in [6.07, 6.45) is -0.213. The van der Waals surface area contributed by atoms with Crippen molar-refractivity contribution in [1.29, 1.82) is 0 Å². The van der Waals surface area contributed by atoms with E-state index >= 15 is 0 Å². The molecule has 2 atom stereocenters. The molecular formula is C52H33N3O2S. The average Bonchev–Trinajstić information content (AvgIpc) is 4.05. The zero-order valence-corrected chi connectivity index (χ0v) is 31.9. The molecule has 0 saturated carbocycles. The molecule has 0 saturated heterocycles. The second-order valence-corrected chi connectivity index (χ2v) is 16.4. The molecule has 274 valence electrons. The summed E-state index contributed by atoms with van der Waals surface area (Å²) in [6.45, 7) is 0. The highest BCUT2D eigenvalue weighted by Gasteiger charge is 2.39. The van der Waals surface area contributed by atoms with Gasteiger partial charge in [-0.3, -0.25) is 5.32 Å². The van der Waals surface area contributed by atoms with E-state index in [-0.39, 0.29) is 12.2 Å². The van der Waals surface area contributed by atoms with Gasteiger partial charge in [0.15, 0.2) is 0 Å². The van der Waals surface area contributed by atoms with Crippen LogP contribution in [-0.4, -0.2) is 4.57 Å². The van der Waals surface area contributed by atoms with Gasteiger partial charge in [0, 0.05) is 64.1 Å². The first-order chi connectivity index (χ1) is 28.7. The van der Waals surface area contributed by atoms with Gasteiger partial charge in [-0.15, -0.1) is 11.3 Å². The molecule has 5 nitrogen and oxygen atoms in total. The first-order valence-electron chi connectivity index (χ1n) is 19.7. The van der Waals surface area contributed by atoms with Crippen molar-refractivity contribution in [2.75, 3.05) is 0 Å². The molecule has 0 spiro atoms. The molecule has 3 aromatic heterocycles. The predicted octanol–water partition coefficient (Wildman–Crippen LogP) is 13.4. The van der Waals surface area contributed by atoms with Gasteiger partial charge in [-0.05, 0) is 71.8 Å². The lowest BCUT2D eigenvalue weighted by Crippen LogP contribution is -2.41. The number of hydrogen-bond donors (Lipinski definition) is 2. The number of thiophene rings is 1. The Morgan fingerprint density at radius 2 is 1.28 bits per heavy atom. The highest BCUT2D eigenvalue weighted by atomic mass is 32.1. The lowest BCUT2D eigenvalue weighted by atomic mass is 9.95. The zero-order chi connectivity index (χ0) is 37.9. The molecule has 2 unspecified atom stereocenters. The van der Waals surface area contributed by atoms with Crippen molar-refractivity contribution in [3.05, 3.63) is 198 Å². The van der Waals surface area contributed by atoms with Crippen LogP contribution in [0.1, 0.15) is 28.9 Å². The van der Waals surface area contributed by atoms with E-state index in [4.69, 9.17) is 9.15 Å². The summed E-state index contributed by atoms with van der Waals surface area (Å²) in [7, 11) is 0. The molecule has 8 aromatic carbocycles. The van der Waals surface area contributed by atoms with E-state index in [1.54, 1.807) is 0 Å². The molecule has 11 aromatic rings. The Morgan fingerprint density at radius 3 is 2.14 bits per heavy atom. The maximum absolute atomic E-state index is 6.61. The predicted molar refractivity (Wildman–Crippen MR) is 239 cm³/mol. The number of furan rings is 1. The van der Waals surface area contributed by atoms with Crippen molar-refractivity contribution < 1.29 is 9.15 Å². The highest BCUT2D eigenvalue weighted by molar-refractivity contribution is 7.26. The maximum Gasteiger partial charge on any atom is 0.149 e. The third kappa shape index (κ3) is 4.61. The molecule has 13 rings (SSSR count). The Kier molecular flexibility index (Phi) is 6.73. The van der Waals surface area contributed by atoms with Crippen LogP contribution in [-0.2, 0) is 0 Å². The van der Waals surface area contributed by atoms with Crippen LogP contribution in [0.2, 0.25) is 0 Å². The van der Waals surface area contributed by atoms with Crippen molar-refractivity contribution >= 4 is 81.0 Å². The van der Waals surface area contributed by atoms with E-state index in [2.05, 4.69) is 179 Å². The summed E-state index contributed by atoms with van der Waals surface area (Å²) < 4.78 is 18.1. The number of para-hydroxylation sites is 3. The minimum Gasteiger partial charge on any atom is -0.457 e. The largest absolute Gasteiger partial charge is 0.457 e. The third-order valence-electron chi connectivity index (χ3n) is 12.1. The first-order valence-corrected chi connectivity index (χ1v) is 20.6. The van der Waals surface area contributed by atoms with Crippen LogP contribution >= 0.6 is 11.3 Å². The number of fused-ring (bicyclic) bond motifs is 12. The number of benzene rings is 8. The van der Waals surface area contributed by atoms with Gasteiger partial charge >= 0.3 is 0 Å². The van der Waals surface area contributed by atoms with Crippen LogP contribution in [0, 0.1) is 0 Å². The summed E-state index contributed by atoms with van der Waals surface area (Å²) in [6, 6.07) is 62.9. The Bertz CT molecular complexity index is 3470. The van der Waals surface area contributed by atoms with E-state index in [1.165, 1.54) is 47.5 Å². The van der Waals surface area contributed by atoms with E-state index < -0.39 is 0 Å². The summed E-state index contributed by atoms with van der Waals surface area (Å²) >= 11 is 1.85. The second-order valence-electron chi connectivity index (χ2n) is 15.3. The van der Waals surface area contributed by atoms with E-state index in [0.29, 0.717) is 0 Å². The molecule has 5 heterocycles. The quantitative estimate of drug-likeness (QED) is 0.187. The Balaban J connectivity index is 0.975. The summed E-state index contributed by atoms with van der Waals surface area (Å²) in [5.41, 5.74) is 12.0. The Labute approximate surface area is 337 Å². The molecule has 0 radical (unpaired) electrons. The molecule has 0 aliphatic carbocycles. The molecule has 2 N–H and O–H groups in total. The minimum absolute atomic E-state index is 0.0986. The first kappa shape index (κ1) is 32.0. The van der Waals surface area contributed by atoms with Gasteiger partial charge in [-0.25, -0.2) is 0 Å². The topological polar surface area (TPSA) is 51.4 Å². The zero-order valence-electron chi connectivity index (χ0n) is 31.1. The fourth-order valence-corrected chi connectivity index (χ4v) is 10.7. The Hall–Kier alpha value is -7.12. The monoisotopic (exact) mass is 763 g/mol. The van der Waals surface area contributed by atoms with Crippen molar-refractivity contribution in [3.8, 4) is 22.6 Å². The molecule has 0 bridgehead atoms. The van der Waals surface area contributed by atoms with Gasteiger partial charge in [0.05, 0.1) is 22.8 Å².